The number of nitrogens with zero attached hydrogens (tertiary/aromatic N) is 1. The van der Waals surface area contributed by atoms with Crippen LogP contribution in [0.3, 0.4) is 0 Å². The van der Waals surface area contributed by atoms with Gasteiger partial charge in [0.25, 0.3) is 0 Å². The number of likely N-dealkylation sites (N-methyl/N-ethyl adjacent to an activating group) is 1. The zero-order valence-corrected chi connectivity index (χ0v) is 56.5. The fraction of sp³-hybridized carbons (Fsp3) is 0.747. The highest BCUT2D eigenvalue weighted by Gasteiger charge is 2.28. The van der Waals surface area contributed by atoms with Gasteiger partial charge in [-0.15, -0.1) is 0 Å². The summed E-state index contributed by atoms with van der Waals surface area (Å²) in [5.74, 6) is -0.156. The van der Waals surface area contributed by atoms with Crippen molar-refractivity contribution in [3.63, 3.8) is 0 Å². The lowest BCUT2D eigenvalue weighted by atomic mass is 10.0. The van der Waals surface area contributed by atoms with Crippen LogP contribution in [-0.4, -0.2) is 73.4 Å². The SMILES string of the molecule is CC/C=C\C/C=C\C/C=C\C/C=C\C/C=C\C/C=C\C/C=C\C/C=C\C/C=C\CCCCCCCCCC(=O)NC(COP(=O)(O)OCC[N+](C)(C)C)C(O)CCCCCCCCCCCCCCCCCCCCCCCCCCCCC. The Balaban J connectivity index is 4.12. The van der Waals surface area contributed by atoms with Crippen molar-refractivity contribution in [3.8, 4) is 0 Å². The van der Waals surface area contributed by atoms with Crippen LogP contribution in [0, 0.1) is 0 Å². The predicted octanol–water partition coefficient (Wildman–Crippen LogP) is 22.7. The molecular formula is C75H136N2O6P+. The Labute approximate surface area is 521 Å². The number of quaternary nitrogens is 1. The van der Waals surface area contributed by atoms with E-state index in [0.29, 0.717) is 23.9 Å². The van der Waals surface area contributed by atoms with E-state index in [4.69, 9.17) is 9.05 Å². The summed E-state index contributed by atoms with van der Waals surface area (Å²) in [6, 6.07) is -0.776. The van der Waals surface area contributed by atoms with Gasteiger partial charge in [0.1, 0.15) is 13.2 Å². The standard InChI is InChI=1S/C75H135N2O6P/c1-6-8-10-12-14-16-18-20-22-24-26-28-30-32-34-35-36-37-38-39-40-41-43-45-47-49-51-53-55-57-59-61-63-65-67-69-75(79)76-73(72-83-84(80,81)82-71-70-77(3,4)5)74(78)68-66-64-62-60-58-56-54-52-50-48-46-44-42-33-31-29-27-25-23-21-19-17-15-13-11-9-7-2/h8,10,14,16,20,22,26,28,32,34,36-37,39-40,43,45,49,51,73-74,78H,6-7,9,11-13,15,17-19,21,23-25,27,29-31,33,35,38,41-42,44,46-48,50,52-72H2,1-5H3,(H-,76,79,80,81)/p+1/b10-8-,16-14-,22-20-,28-26-,34-32-,37-36-,40-39-,45-43-,51-49-. The predicted molar refractivity (Wildman–Crippen MR) is 369 cm³/mol. The van der Waals surface area contributed by atoms with Crippen LogP contribution in [0.2, 0.25) is 0 Å². The molecule has 84 heavy (non-hydrogen) atoms. The van der Waals surface area contributed by atoms with Crippen molar-refractivity contribution < 1.29 is 32.9 Å². The summed E-state index contributed by atoms with van der Waals surface area (Å²) in [5.41, 5.74) is 0. The molecule has 0 fully saturated rings. The van der Waals surface area contributed by atoms with Crippen LogP contribution in [0.1, 0.15) is 309 Å². The molecule has 0 saturated heterocycles. The van der Waals surface area contributed by atoms with Crippen LogP contribution in [0.25, 0.3) is 0 Å². The number of unbranched alkanes of at least 4 members (excludes halogenated alkanes) is 33. The summed E-state index contributed by atoms with van der Waals surface area (Å²) >= 11 is 0. The van der Waals surface area contributed by atoms with E-state index in [2.05, 4.69) is 129 Å². The van der Waals surface area contributed by atoms with Crippen LogP contribution in [-0.2, 0) is 18.4 Å². The number of phosphoric acid groups is 1. The van der Waals surface area contributed by atoms with E-state index in [1.54, 1.807) is 0 Å². The number of carbonyl (C=O) groups excluding carboxylic acids is 1. The van der Waals surface area contributed by atoms with Crippen LogP contribution in [0.5, 0.6) is 0 Å². The molecule has 0 saturated carbocycles. The van der Waals surface area contributed by atoms with E-state index >= 15 is 0 Å². The van der Waals surface area contributed by atoms with Crippen LogP contribution in [0.4, 0.5) is 0 Å². The maximum atomic E-state index is 13.1. The van der Waals surface area contributed by atoms with E-state index < -0.39 is 20.0 Å². The normalized spacial score (nSPS) is 14.3. The number of aliphatic hydroxyl groups excluding tert-OH is 1. The molecule has 0 aromatic carbocycles. The number of amides is 1. The molecule has 0 aliphatic rings. The largest absolute Gasteiger partial charge is 0.472 e. The highest BCUT2D eigenvalue weighted by Crippen LogP contribution is 2.43. The minimum absolute atomic E-state index is 0.0676. The number of hydrogen-bond donors (Lipinski definition) is 3. The molecule has 9 heteroatoms. The van der Waals surface area contributed by atoms with Crippen molar-refractivity contribution >= 4 is 13.7 Å². The highest BCUT2D eigenvalue weighted by molar-refractivity contribution is 7.47. The number of hydrogen-bond acceptors (Lipinski definition) is 5. The van der Waals surface area contributed by atoms with Crippen LogP contribution < -0.4 is 5.32 Å². The van der Waals surface area contributed by atoms with Gasteiger partial charge in [-0.05, 0) is 83.5 Å². The first-order valence-electron chi connectivity index (χ1n) is 35.3. The van der Waals surface area contributed by atoms with Crippen molar-refractivity contribution in [2.45, 2.75) is 321 Å². The Morgan fingerprint density at radius 1 is 0.417 bits per heavy atom. The van der Waals surface area contributed by atoms with E-state index in [-0.39, 0.29) is 19.1 Å². The minimum Gasteiger partial charge on any atom is -0.391 e. The highest BCUT2D eigenvalue weighted by atomic mass is 31.2. The molecule has 0 rings (SSSR count). The van der Waals surface area contributed by atoms with Crippen molar-refractivity contribution in [2.75, 3.05) is 40.9 Å². The second-order valence-corrected chi connectivity index (χ2v) is 26.3. The van der Waals surface area contributed by atoms with E-state index in [1.165, 1.54) is 173 Å². The third kappa shape index (κ3) is 66.7. The fourth-order valence-corrected chi connectivity index (χ4v) is 10.8. The molecule has 0 aliphatic heterocycles. The Hall–Kier alpha value is -2.84. The number of carbonyl (C=O) groups is 1. The maximum absolute atomic E-state index is 13.1. The maximum Gasteiger partial charge on any atom is 0.472 e. The number of allylic oxidation sites excluding steroid dienone is 18. The van der Waals surface area contributed by atoms with E-state index in [9.17, 15) is 19.4 Å². The van der Waals surface area contributed by atoms with Gasteiger partial charge < -0.3 is 19.8 Å². The van der Waals surface area contributed by atoms with Gasteiger partial charge in [-0.2, -0.15) is 0 Å². The molecule has 486 valence electrons. The molecule has 3 unspecified atom stereocenters. The topological polar surface area (TPSA) is 105 Å². The summed E-state index contributed by atoms with van der Waals surface area (Å²) in [5, 5.41) is 14.1. The molecule has 3 atom stereocenters. The van der Waals surface area contributed by atoms with Crippen LogP contribution >= 0.6 is 7.82 Å². The van der Waals surface area contributed by atoms with Gasteiger partial charge >= 0.3 is 7.82 Å². The Morgan fingerprint density at radius 3 is 1.05 bits per heavy atom. The van der Waals surface area contributed by atoms with E-state index in [0.717, 1.165) is 109 Å². The first-order chi connectivity index (χ1) is 41.0. The molecule has 0 aliphatic carbocycles. The molecule has 1 amide bonds. The van der Waals surface area contributed by atoms with Gasteiger partial charge in [0.2, 0.25) is 5.91 Å². The summed E-state index contributed by atoms with van der Waals surface area (Å²) in [7, 11) is 1.60. The monoisotopic (exact) mass is 1190 g/mol. The Kier molecular flexibility index (Phi) is 62.4. The molecule has 0 spiro atoms. The summed E-state index contributed by atoms with van der Waals surface area (Å²) in [6.45, 7) is 4.79. The third-order valence-electron chi connectivity index (χ3n) is 15.5. The lowest BCUT2D eigenvalue weighted by molar-refractivity contribution is -0.870. The number of phosphoric ester groups is 1. The van der Waals surface area contributed by atoms with Crippen molar-refractivity contribution in [1.82, 2.24) is 5.32 Å². The van der Waals surface area contributed by atoms with Crippen LogP contribution in [0.15, 0.2) is 109 Å². The average Bonchev–Trinajstić information content (AvgIpc) is 3.56. The first kappa shape index (κ1) is 81.2. The van der Waals surface area contributed by atoms with Gasteiger partial charge in [-0.3, -0.25) is 13.8 Å². The second-order valence-electron chi connectivity index (χ2n) is 24.9. The molecule has 0 heterocycles. The number of aliphatic hydroxyl groups is 1. The molecule has 0 radical (unpaired) electrons. The number of nitrogens with one attached hydrogen (secondary N) is 1. The fourth-order valence-electron chi connectivity index (χ4n) is 10.1. The zero-order chi connectivity index (χ0) is 61.2. The molecule has 0 aromatic rings. The Morgan fingerprint density at radius 2 is 0.714 bits per heavy atom. The average molecular weight is 1190 g/mol. The Bertz CT molecular complexity index is 1740. The van der Waals surface area contributed by atoms with E-state index in [1.807, 2.05) is 21.1 Å². The zero-order valence-electron chi connectivity index (χ0n) is 55.6. The van der Waals surface area contributed by atoms with Gasteiger partial charge in [-0.25, -0.2) is 4.57 Å². The molecule has 8 nitrogen and oxygen atoms in total. The van der Waals surface area contributed by atoms with Crippen molar-refractivity contribution in [1.29, 1.82) is 0 Å². The second kappa shape index (κ2) is 64.6. The van der Waals surface area contributed by atoms with Gasteiger partial charge in [-0.1, -0.05) is 329 Å². The molecule has 3 N–H and O–H groups in total. The minimum atomic E-state index is -4.34. The van der Waals surface area contributed by atoms with Gasteiger partial charge in [0.05, 0.1) is 39.9 Å². The van der Waals surface area contributed by atoms with Crippen molar-refractivity contribution in [3.05, 3.63) is 109 Å². The molecular weight excluding hydrogens is 1060 g/mol. The number of rotatable bonds is 64. The lowest BCUT2D eigenvalue weighted by Gasteiger charge is -2.26. The lowest BCUT2D eigenvalue weighted by Crippen LogP contribution is -2.46. The summed E-state index contributed by atoms with van der Waals surface area (Å²) < 4.78 is 23.9. The third-order valence-corrected chi connectivity index (χ3v) is 16.5. The molecule has 0 aromatic heterocycles. The van der Waals surface area contributed by atoms with Gasteiger partial charge in [0.15, 0.2) is 0 Å². The molecule has 0 bridgehead atoms. The van der Waals surface area contributed by atoms with Gasteiger partial charge in [0, 0.05) is 6.42 Å². The summed E-state index contributed by atoms with van der Waals surface area (Å²) in [4.78, 5) is 23.5. The quantitative estimate of drug-likeness (QED) is 0.0243. The summed E-state index contributed by atoms with van der Waals surface area (Å²) in [6.07, 6.45) is 94.7. The smallest absolute Gasteiger partial charge is 0.391 e. The first-order valence-corrected chi connectivity index (χ1v) is 36.7. The van der Waals surface area contributed by atoms with Crippen molar-refractivity contribution in [2.24, 2.45) is 0 Å².